The summed E-state index contributed by atoms with van der Waals surface area (Å²) in [6.45, 7) is 6.15. The summed E-state index contributed by atoms with van der Waals surface area (Å²) < 4.78 is 44.5. The van der Waals surface area contributed by atoms with Crippen molar-refractivity contribution < 1.29 is 18.0 Å². The van der Waals surface area contributed by atoms with Crippen LogP contribution in [0.3, 0.4) is 0 Å². The third-order valence-electron chi connectivity index (χ3n) is 6.26. The van der Waals surface area contributed by atoms with E-state index in [1.807, 2.05) is 6.92 Å². The number of benzene rings is 1. The smallest absolute Gasteiger partial charge is 0.327 e. The van der Waals surface area contributed by atoms with Gasteiger partial charge >= 0.3 is 17.9 Å². The molecule has 0 aliphatic rings. The number of imidazole rings is 1. The minimum Gasteiger partial charge on any atom is -0.327 e. The Morgan fingerprint density at radius 3 is 2.47 bits per heavy atom. The van der Waals surface area contributed by atoms with Crippen LogP contribution in [0.2, 0.25) is 0 Å². The van der Waals surface area contributed by atoms with E-state index in [9.17, 15) is 27.6 Å². The van der Waals surface area contributed by atoms with Gasteiger partial charge in [-0.15, -0.1) is 0 Å². The lowest BCUT2D eigenvalue weighted by molar-refractivity contribution is -0.137. The zero-order valence-electron chi connectivity index (χ0n) is 21.5. The Hall–Kier alpha value is -4.16. The summed E-state index contributed by atoms with van der Waals surface area (Å²) in [4.78, 5) is 45.8. The van der Waals surface area contributed by atoms with Crippen LogP contribution >= 0.6 is 0 Å². The van der Waals surface area contributed by atoms with Crippen molar-refractivity contribution >= 4 is 17.2 Å². The lowest BCUT2D eigenvalue weighted by Gasteiger charge is -2.18. The predicted molar refractivity (Wildman–Crippen MR) is 135 cm³/mol. The number of amides is 1. The van der Waals surface area contributed by atoms with E-state index in [1.165, 1.54) is 37.2 Å². The molecule has 0 bridgehead atoms. The maximum absolute atomic E-state index is 13.5. The molecule has 1 aromatic carbocycles. The van der Waals surface area contributed by atoms with Crippen molar-refractivity contribution in [2.45, 2.75) is 53.0 Å². The van der Waals surface area contributed by atoms with Crippen molar-refractivity contribution in [2.24, 2.45) is 0 Å². The summed E-state index contributed by atoms with van der Waals surface area (Å²) in [5.41, 5.74) is -1.10. The molecule has 0 saturated carbocycles. The van der Waals surface area contributed by atoms with E-state index in [1.54, 1.807) is 27.0 Å². The van der Waals surface area contributed by atoms with Gasteiger partial charge in [0.25, 0.3) is 5.56 Å². The van der Waals surface area contributed by atoms with Gasteiger partial charge < -0.3 is 4.90 Å². The van der Waals surface area contributed by atoms with E-state index in [0.717, 1.165) is 16.7 Å². The fraction of sp³-hybridized carbons (Fsp3) is 0.400. The van der Waals surface area contributed by atoms with Crippen molar-refractivity contribution in [3.05, 3.63) is 68.6 Å². The number of alkyl halides is 3. The number of aryl methyl sites for hydroxylation is 1. The van der Waals surface area contributed by atoms with Crippen molar-refractivity contribution in [3.8, 4) is 11.4 Å². The second-order valence-corrected chi connectivity index (χ2v) is 8.85. The first kappa shape index (κ1) is 26.9. The standard InChI is InChI=1S/C25H28F3N7O3/c1-5-11-34-22(36)19-21(33(7-3)24(34)38)35(23(37)31(4)6-2)20(30-19)17-13-29-32(15-17)14-16-9-8-10-18(12-16)25(26,27)28/h8-10,12-13,15H,5-7,11,14H2,1-4H3. The topological polar surface area (TPSA) is 99.9 Å². The van der Waals surface area contributed by atoms with Crippen LogP contribution < -0.4 is 11.2 Å². The molecular formula is C25H28F3N7O3. The minimum absolute atomic E-state index is 0.0293. The zero-order valence-corrected chi connectivity index (χ0v) is 21.5. The largest absolute Gasteiger partial charge is 0.416 e. The van der Waals surface area contributed by atoms with Gasteiger partial charge in [0.05, 0.1) is 23.9 Å². The van der Waals surface area contributed by atoms with Crippen molar-refractivity contribution in [3.63, 3.8) is 0 Å². The Bertz CT molecular complexity index is 1610. The number of carbonyl (C=O) groups excluding carboxylic acids is 1. The number of rotatable bonds is 7. The van der Waals surface area contributed by atoms with Crippen LogP contribution in [0.1, 0.15) is 38.3 Å². The molecule has 0 atom stereocenters. The highest BCUT2D eigenvalue weighted by Crippen LogP contribution is 2.30. The molecule has 0 radical (unpaired) electrons. The molecule has 3 heterocycles. The summed E-state index contributed by atoms with van der Waals surface area (Å²) >= 11 is 0. The maximum Gasteiger partial charge on any atom is 0.416 e. The Labute approximate surface area is 215 Å². The van der Waals surface area contributed by atoms with Gasteiger partial charge in [0, 0.05) is 32.9 Å². The van der Waals surface area contributed by atoms with Gasteiger partial charge in [0.1, 0.15) is 0 Å². The lowest BCUT2D eigenvalue weighted by Crippen LogP contribution is -2.41. The van der Waals surface area contributed by atoms with E-state index in [2.05, 4.69) is 10.1 Å². The highest BCUT2D eigenvalue weighted by Gasteiger charge is 2.30. The van der Waals surface area contributed by atoms with Crippen LogP contribution in [0.5, 0.6) is 0 Å². The van der Waals surface area contributed by atoms with Crippen LogP contribution in [0.4, 0.5) is 18.0 Å². The molecule has 0 unspecified atom stereocenters. The molecule has 0 spiro atoms. The highest BCUT2D eigenvalue weighted by atomic mass is 19.4. The van der Waals surface area contributed by atoms with Gasteiger partial charge in [-0.25, -0.2) is 19.1 Å². The number of fused-ring (bicyclic) bond motifs is 1. The van der Waals surface area contributed by atoms with Gasteiger partial charge in [-0.3, -0.25) is 18.6 Å². The van der Waals surface area contributed by atoms with E-state index >= 15 is 0 Å². The number of halogens is 3. The zero-order chi connectivity index (χ0) is 27.8. The molecular weight excluding hydrogens is 503 g/mol. The normalized spacial score (nSPS) is 11.9. The number of nitrogens with zero attached hydrogens (tertiary/aromatic N) is 7. The van der Waals surface area contributed by atoms with Crippen LogP contribution in [0.15, 0.2) is 46.2 Å². The van der Waals surface area contributed by atoms with E-state index in [-0.39, 0.29) is 36.6 Å². The van der Waals surface area contributed by atoms with Crippen LogP contribution in [0.25, 0.3) is 22.6 Å². The molecule has 0 N–H and O–H groups in total. The molecule has 0 aliphatic carbocycles. The van der Waals surface area contributed by atoms with Gasteiger partial charge in [0.15, 0.2) is 17.0 Å². The summed E-state index contributed by atoms with van der Waals surface area (Å²) in [6, 6.07) is 4.43. The van der Waals surface area contributed by atoms with Crippen LogP contribution in [0, 0.1) is 0 Å². The van der Waals surface area contributed by atoms with Crippen molar-refractivity contribution in [1.29, 1.82) is 0 Å². The Morgan fingerprint density at radius 1 is 1.11 bits per heavy atom. The summed E-state index contributed by atoms with van der Waals surface area (Å²) in [6.07, 6.45) is -0.959. The van der Waals surface area contributed by atoms with Crippen LogP contribution in [-0.2, 0) is 25.8 Å². The average molecular weight is 532 g/mol. The monoisotopic (exact) mass is 531 g/mol. The van der Waals surface area contributed by atoms with Crippen LogP contribution in [-0.4, -0.2) is 53.0 Å². The molecule has 0 aliphatic heterocycles. The molecule has 4 rings (SSSR count). The number of carbonyl (C=O) groups is 1. The summed E-state index contributed by atoms with van der Waals surface area (Å²) in [5.74, 6) is 0.105. The average Bonchev–Trinajstić information content (AvgIpc) is 3.50. The Balaban J connectivity index is 1.89. The fourth-order valence-corrected chi connectivity index (χ4v) is 4.24. The van der Waals surface area contributed by atoms with Gasteiger partial charge in [-0.1, -0.05) is 19.1 Å². The van der Waals surface area contributed by atoms with Gasteiger partial charge in [-0.05, 0) is 38.0 Å². The predicted octanol–water partition coefficient (Wildman–Crippen LogP) is 3.64. The SMILES string of the molecule is CCCn1c(=O)c2nc(-c3cnn(Cc4cccc(C(F)(F)F)c4)c3)n(C(=O)N(C)CC)c2n(CC)c1=O. The first-order chi connectivity index (χ1) is 18.0. The third-order valence-corrected chi connectivity index (χ3v) is 6.26. The molecule has 13 heteroatoms. The first-order valence-electron chi connectivity index (χ1n) is 12.2. The number of hydrogen-bond donors (Lipinski definition) is 0. The minimum atomic E-state index is -4.47. The molecule has 10 nitrogen and oxygen atoms in total. The summed E-state index contributed by atoms with van der Waals surface area (Å²) in [5, 5.41) is 4.25. The molecule has 0 saturated heterocycles. The van der Waals surface area contributed by atoms with Gasteiger partial charge in [0.2, 0.25) is 0 Å². The fourth-order valence-electron chi connectivity index (χ4n) is 4.24. The Kier molecular flexibility index (Phi) is 7.29. The Morgan fingerprint density at radius 2 is 1.84 bits per heavy atom. The molecule has 0 fully saturated rings. The molecule has 3 aromatic heterocycles. The van der Waals surface area contributed by atoms with Gasteiger partial charge in [-0.2, -0.15) is 18.3 Å². The third kappa shape index (κ3) is 4.75. The molecule has 38 heavy (non-hydrogen) atoms. The van der Waals surface area contributed by atoms with E-state index < -0.39 is 29.0 Å². The second kappa shape index (κ2) is 10.3. The number of aromatic nitrogens is 6. The number of hydrogen-bond acceptors (Lipinski definition) is 5. The molecule has 1 amide bonds. The molecule has 202 valence electrons. The first-order valence-corrected chi connectivity index (χ1v) is 12.2. The maximum atomic E-state index is 13.5. The van der Waals surface area contributed by atoms with E-state index in [4.69, 9.17) is 0 Å². The van der Waals surface area contributed by atoms with Crippen molar-refractivity contribution in [1.82, 2.24) is 33.4 Å². The van der Waals surface area contributed by atoms with Crippen molar-refractivity contribution in [2.75, 3.05) is 13.6 Å². The summed E-state index contributed by atoms with van der Waals surface area (Å²) in [7, 11) is 1.59. The van der Waals surface area contributed by atoms with E-state index in [0.29, 0.717) is 24.1 Å². The molecule has 4 aromatic rings. The quantitative estimate of drug-likeness (QED) is 0.363. The lowest BCUT2D eigenvalue weighted by atomic mass is 10.1. The second-order valence-electron chi connectivity index (χ2n) is 8.85. The highest BCUT2D eigenvalue weighted by molar-refractivity contribution is 5.92.